The molecule has 1 aromatic heterocycles. The van der Waals surface area contributed by atoms with E-state index in [4.69, 9.17) is 14.2 Å². The van der Waals surface area contributed by atoms with E-state index in [-0.39, 0.29) is 29.1 Å². The van der Waals surface area contributed by atoms with Gasteiger partial charge in [0.2, 0.25) is 0 Å². The van der Waals surface area contributed by atoms with Crippen molar-refractivity contribution in [2.24, 2.45) is 5.92 Å². The van der Waals surface area contributed by atoms with Crippen LogP contribution >= 0.6 is 0 Å². The fraction of sp³-hybridized carbons (Fsp3) is 0.400. The van der Waals surface area contributed by atoms with Gasteiger partial charge < -0.3 is 24.4 Å². The Hall–Kier alpha value is -3.61. The minimum Gasteiger partial charge on any atom is -0.496 e. The number of carboxylic acids is 1. The summed E-state index contributed by atoms with van der Waals surface area (Å²) in [7, 11) is 3.10. The zero-order chi connectivity index (χ0) is 25.0. The summed E-state index contributed by atoms with van der Waals surface area (Å²) >= 11 is 0. The lowest BCUT2D eigenvalue weighted by Gasteiger charge is -2.26. The molecule has 0 bridgehead atoms. The maximum Gasteiger partial charge on any atom is 0.338 e. The van der Waals surface area contributed by atoms with Crippen LogP contribution in [0, 0.1) is 24.2 Å². The predicted octanol–water partition coefficient (Wildman–Crippen LogP) is 3.71. The molecule has 0 aliphatic rings. The number of aliphatic hydroxyl groups excluding tert-OH is 1. The molecule has 0 saturated carbocycles. The van der Waals surface area contributed by atoms with E-state index in [0.29, 0.717) is 29.1 Å². The number of methoxy groups -OCH3 is 2. The third-order valence-electron chi connectivity index (χ3n) is 5.49. The van der Waals surface area contributed by atoms with Crippen LogP contribution in [0.5, 0.6) is 11.5 Å². The van der Waals surface area contributed by atoms with Crippen molar-refractivity contribution in [3.63, 3.8) is 0 Å². The van der Waals surface area contributed by atoms with E-state index >= 15 is 0 Å². The maximum absolute atomic E-state index is 11.7. The van der Waals surface area contributed by atoms with Gasteiger partial charge in [-0.1, -0.05) is 13.8 Å². The van der Waals surface area contributed by atoms with Crippen LogP contribution in [0.15, 0.2) is 30.5 Å². The van der Waals surface area contributed by atoms with Crippen molar-refractivity contribution in [1.82, 2.24) is 9.78 Å². The zero-order valence-electron chi connectivity index (χ0n) is 19.9. The minimum absolute atomic E-state index is 0.0546. The van der Waals surface area contributed by atoms with E-state index in [9.17, 15) is 20.3 Å². The van der Waals surface area contributed by atoms with E-state index < -0.39 is 18.2 Å². The first-order valence-electron chi connectivity index (χ1n) is 10.8. The summed E-state index contributed by atoms with van der Waals surface area (Å²) in [5.41, 5.74) is 1.82. The lowest BCUT2D eigenvalue weighted by Crippen LogP contribution is -2.29. The Morgan fingerprint density at radius 3 is 2.35 bits per heavy atom. The van der Waals surface area contributed by atoms with Gasteiger partial charge in [0.1, 0.15) is 29.2 Å². The van der Waals surface area contributed by atoms with Gasteiger partial charge >= 0.3 is 5.97 Å². The van der Waals surface area contributed by atoms with Gasteiger partial charge in [-0.15, -0.1) is 0 Å². The molecule has 1 heterocycles. The summed E-state index contributed by atoms with van der Waals surface area (Å²) in [5.74, 6) is 0.219. The van der Waals surface area contributed by atoms with Crippen LogP contribution in [0.25, 0.3) is 10.9 Å². The van der Waals surface area contributed by atoms with Gasteiger partial charge in [-0.2, -0.15) is 10.4 Å². The van der Waals surface area contributed by atoms with Crippen molar-refractivity contribution in [2.75, 3.05) is 20.8 Å². The highest BCUT2D eigenvalue weighted by molar-refractivity contribution is 6.02. The maximum atomic E-state index is 11.7. The Morgan fingerprint density at radius 2 is 1.82 bits per heavy atom. The van der Waals surface area contributed by atoms with Crippen molar-refractivity contribution in [3.05, 3.63) is 52.7 Å². The number of hydrogen-bond acceptors (Lipinski definition) is 7. The highest BCUT2D eigenvalue weighted by atomic mass is 16.5. The number of aliphatic hydroxyl groups is 1. The third-order valence-corrected chi connectivity index (χ3v) is 5.49. The third kappa shape index (κ3) is 5.30. The number of nitrogens with zero attached hydrogens (tertiary/aromatic N) is 3. The second-order valence-electron chi connectivity index (χ2n) is 8.49. The molecule has 2 N–H and O–H groups in total. The predicted molar refractivity (Wildman–Crippen MR) is 125 cm³/mol. The molecule has 9 nitrogen and oxygen atoms in total. The second-order valence-corrected chi connectivity index (χ2v) is 8.49. The summed E-state index contributed by atoms with van der Waals surface area (Å²) in [4.78, 5) is 11.7. The van der Waals surface area contributed by atoms with Crippen molar-refractivity contribution in [2.45, 2.75) is 39.5 Å². The second kappa shape index (κ2) is 10.5. The van der Waals surface area contributed by atoms with Crippen molar-refractivity contribution in [3.8, 4) is 17.6 Å². The molecule has 3 aromatic rings. The van der Waals surface area contributed by atoms with Crippen LogP contribution in [0.2, 0.25) is 0 Å². The SMILES string of the molecule is COc1cc(C(O)C(Cn2cc3cc(C#N)cc(C(=O)O)c3n2)OCC(C)C)cc(OC)c1C. The fourth-order valence-electron chi connectivity index (χ4n) is 3.74. The average molecular weight is 468 g/mol. The van der Waals surface area contributed by atoms with Gasteiger partial charge in [-0.05, 0) is 42.7 Å². The molecule has 0 saturated heterocycles. The van der Waals surface area contributed by atoms with Crippen LogP contribution in [-0.4, -0.2) is 52.9 Å². The molecular weight excluding hydrogens is 438 g/mol. The van der Waals surface area contributed by atoms with E-state index in [2.05, 4.69) is 5.10 Å². The Balaban J connectivity index is 2.00. The van der Waals surface area contributed by atoms with E-state index in [1.54, 1.807) is 38.6 Å². The van der Waals surface area contributed by atoms with Gasteiger partial charge in [0, 0.05) is 23.8 Å². The molecule has 180 valence electrons. The number of rotatable bonds is 10. The van der Waals surface area contributed by atoms with Crippen molar-refractivity contribution < 1.29 is 29.2 Å². The standard InChI is InChI=1S/C25H29N3O6/c1-14(2)13-34-22(24(29)17-8-20(32-4)15(3)21(9-17)33-5)12-28-11-18-6-16(10-26)7-19(25(30)31)23(18)27-28/h6-9,11,14,22,24,29H,12-13H2,1-5H3,(H,30,31). The number of carbonyl (C=O) groups is 1. The quantitative estimate of drug-likeness (QED) is 0.462. The van der Waals surface area contributed by atoms with Crippen LogP contribution in [-0.2, 0) is 11.3 Å². The molecule has 0 aliphatic carbocycles. The number of benzene rings is 2. The van der Waals surface area contributed by atoms with Gasteiger partial charge in [-0.3, -0.25) is 4.68 Å². The van der Waals surface area contributed by atoms with E-state index in [1.165, 1.54) is 10.7 Å². The summed E-state index contributed by atoms with van der Waals surface area (Å²) in [6.07, 6.45) is -0.0854. The first kappa shape index (κ1) is 25.0. The Labute approximate surface area is 198 Å². The Morgan fingerprint density at radius 1 is 1.18 bits per heavy atom. The van der Waals surface area contributed by atoms with Crippen LogP contribution in [0.3, 0.4) is 0 Å². The molecule has 0 fully saturated rings. The molecule has 2 aromatic carbocycles. The molecule has 3 rings (SSSR count). The molecular formula is C25H29N3O6. The molecule has 0 amide bonds. The van der Waals surface area contributed by atoms with Crippen LogP contribution < -0.4 is 9.47 Å². The highest BCUT2D eigenvalue weighted by Crippen LogP contribution is 2.34. The lowest BCUT2D eigenvalue weighted by atomic mass is 10.0. The lowest BCUT2D eigenvalue weighted by molar-refractivity contribution is -0.0574. The minimum atomic E-state index is -1.17. The normalized spacial score (nSPS) is 13.0. The van der Waals surface area contributed by atoms with E-state index in [0.717, 1.165) is 5.56 Å². The van der Waals surface area contributed by atoms with Gasteiger partial charge in [0.25, 0.3) is 0 Å². The van der Waals surface area contributed by atoms with Crippen molar-refractivity contribution >= 4 is 16.9 Å². The summed E-state index contributed by atoms with van der Waals surface area (Å²) in [5, 5.41) is 35.0. The number of carboxylic acid groups (broad SMARTS) is 1. The largest absolute Gasteiger partial charge is 0.496 e. The topological polar surface area (TPSA) is 127 Å². The smallest absolute Gasteiger partial charge is 0.338 e. The monoisotopic (exact) mass is 467 g/mol. The van der Waals surface area contributed by atoms with Gasteiger partial charge in [0.05, 0.1) is 38.0 Å². The Kier molecular flexibility index (Phi) is 7.76. The average Bonchev–Trinajstić information content (AvgIpc) is 3.22. The summed E-state index contributed by atoms with van der Waals surface area (Å²) in [6.45, 7) is 6.44. The zero-order valence-corrected chi connectivity index (χ0v) is 19.9. The van der Waals surface area contributed by atoms with Gasteiger partial charge in [-0.25, -0.2) is 4.79 Å². The number of aromatic carboxylic acids is 1. The van der Waals surface area contributed by atoms with Crippen LogP contribution in [0.1, 0.15) is 47.0 Å². The number of nitriles is 1. The van der Waals surface area contributed by atoms with Crippen molar-refractivity contribution in [1.29, 1.82) is 5.26 Å². The molecule has 0 spiro atoms. The first-order chi connectivity index (χ1) is 16.2. The molecule has 9 heteroatoms. The number of fused-ring (bicyclic) bond motifs is 1. The highest BCUT2D eigenvalue weighted by Gasteiger charge is 2.26. The molecule has 2 unspecified atom stereocenters. The molecule has 0 radical (unpaired) electrons. The Bertz CT molecular complexity index is 1200. The number of hydrogen-bond donors (Lipinski definition) is 2. The first-order valence-corrected chi connectivity index (χ1v) is 10.8. The van der Waals surface area contributed by atoms with Gasteiger partial charge in [0.15, 0.2) is 0 Å². The fourth-order valence-corrected chi connectivity index (χ4v) is 3.74. The number of aromatic nitrogens is 2. The van der Waals surface area contributed by atoms with E-state index in [1.807, 2.05) is 26.8 Å². The summed E-state index contributed by atoms with van der Waals surface area (Å²) in [6, 6.07) is 8.35. The molecule has 2 atom stereocenters. The molecule has 0 aliphatic heterocycles. The summed E-state index contributed by atoms with van der Waals surface area (Å²) < 4.78 is 18.5. The molecule has 34 heavy (non-hydrogen) atoms. The van der Waals surface area contributed by atoms with Crippen LogP contribution in [0.4, 0.5) is 0 Å². The number of ether oxygens (including phenoxy) is 3.